The van der Waals surface area contributed by atoms with E-state index in [1.54, 1.807) is 36.4 Å². The summed E-state index contributed by atoms with van der Waals surface area (Å²) in [6.45, 7) is -0.361. The maximum absolute atomic E-state index is 12.7. The van der Waals surface area contributed by atoms with Crippen LogP contribution >= 0.6 is 11.6 Å². The first-order valence-corrected chi connectivity index (χ1v) is 9.62. The summed E-state index contributed by atoms with van der Waals surface area (Å²) >= 11 is 5.98. The number of aliphatic hydroxyl groups is 2. The Hall–Kier alpha value is -3.07. The summed E-state index contributed by atoms with van der Waals surface area (Å²) in [5.41, 5.74) is 1.84. The molecule has 8 nitrogen and oxygen atoms in total. The molecule has 0 radical (unpaired) electrons. The Bertz CT molecular complexity index is 1060. The van der Waals surface area contributed by atoms with Crippen molar-refractivity contribution in [3.05, 3.63) is 58.7 Å². The molecular formula is C21H21ClN2O6. The Morgan fingerprint density at radius 2 is 1.97 bits per heavy atom. The van der Waals surface area contributed by atoms with E-state index in [-0.39, 0.29) is 25.2 Å². The number of carboxylic acids is 1. The molecule has 2 aromatic carbocycles. The summed E-state index contributed by atoms with van der Waals surface area (Å²) in [6, 6.07) is 11.5. The summed E-state index contributed by atoms with van der Waals surface area (Å²) in [5.74, 6) is -1.08. The van der Waals surface area contributed by atoms with E-state index in [1.807, 2.05) is 0 Å². The van der Waals surface area contributed by atoms with Gasteiger partial charge in [-0.3, -0.25) is 9.59 Å². The number of anilines is 1. The second-order valence-corrected chi connectivity index (χ2v) is 7.10. The number of hydrogen-bond donors (Lipinski definition) is 5. The molecule has 3 aromatic rings. The number of aromatic nitrogens is 1. The highest BCUT2D eigenvalue weighted by atomic mass is 35.5. The Balaban J connectivity index is 1.81. The minimum Gasteiger partial charge on any atom is -0.491 e. The second-order valence-electron chi connectivity index (χ2n) is 6.67. The third-order valence-electron chi connectivity index (χ3n) is 4.43. The standard InChI is InChI=1S/C21H21ClN2O6/c22-14-4-6-15-13(8-14)9-17(23-15)21(29)24-16-5-3-12(18(26)11-25)10-19(16)30-7-1-2-20(27)28/h3-6,8-10,18,23,25-26H,1-2,7,11H2,(H,24,29)(H,27,28). The number of aliphatic carboxylic acids is 1. The van der Waals surface area contributed by atoms with Crippen LogP contribution in [-0.2, 0) is 4.79 Å². The number of rotatable bonds is 9. The number of aliphatic hydroxyl groups excluding tert-OH is 2. The van der Waals surface area contributed by atoms with E-state index in [0.29, 0.717) is 22.0 Å². The average molecular weight is 433 g/mol. The van der Waals surface area contributed by atoms with Gasteiger partial charge in [0, 0.05) is 22.3 Å². The SMILES string of the molecule is O=C(O)CCCOc1cc(C(O)CO)ccc1NC(=O)c1cc2cc(Cl)ccc2[nH]1. The normalized spacial score (nSPS) is 12.0. The molecule has 0 bridgehead atoms. The van der Waals surface area contributed by atoms with Crippen molar-refractivity contribution in [2.75, 3.05) is 18.5 Å². The molecule has 158 valence electrons. The van der Waals surface area contributed by atoms with Gasteiger partial charge in [-0.1, -0.05) is 17.7 Å². The minimum atomic E-state index is -1.10. The molecule has 1 aromatic heterocycles. The molecule has 1 heterocycles. The van der Waals surface area contributed by atoms with Crippen LogP contribution in [0.5, 0.6) is 5.75 Å². The summed E-state index contributed by atoms with van der Waals surface area (Å²) in [5, 5.41) is 31.9. The summed E-state index contributed by atoms with van der Waals surface area (Å²) in [7, 11) is 0. The van der Waals surface area contributed by atoms with Gasteiger partial charge in [0.05, 0.1) is 18.9 Å². The molecule has 1 atom stereocenters. The lowest BCUT2D eigenvalue weighted by atomic mass is 10.1. The summed E-state index contributed by atoms with van der Waals surface area (Å²) in [4.78, 5) is 26.4. The largest absolute Gasteiger partial charge is 0.491 e. The molecule has 0 saturated heterocycles. The van der Waals surface area contributed by atoms with Crippen LogP contribution in [0.2, 0.25) is 5.02 Å². The molecule has 0 spiro atoms. The first-order chi connectivity index (χ1) is 14.4. The van der Waals surface area contributed by atoms with Gasteiger partial charge < -0.3 is 30.4 Å². The van der Waals surface area contributed by atoms with Gasteiger partial charge in [-0.2, -0.15) is 0 Å². The Morgan fingerprint density at radius 1 is 1.17 bits per heavy atom. The van der Waals surface area contributed by atoms with Crippen molar-refractivity contribution in [2.45, 2.75) is 18.9 Å². The fourth-order valence-corrected chi connectivity index (χ4v) is 3.08. The highest BCUT2D eigenvalue weighted by molar-refractivity contribution is 6.31. The maximum atomic E-state index is 12.7. The number of carbonyl (C=O) groups is 2. The van der Waals surface area contributed by atoms with E-state index in [0.717, 1.165) is 10.9 Å². The lowest BCUT2D eigenvalue weighted by Crippen LogP contribution is -2.14. The van der Waals surface area contributed by atoms with Crippen LogP contribution in [0.3, 0.4) is 0 Å². The van der Waals surface area contributed by atoms with Gasteiger partial charge in [-0.05, 0) is 48.4 Å². The average Bonchev–Trinajstić information content (AvgIpc) is 3.14. The van der Waals surface area contributed by atoms with E-state index < -0.39 is 24.6 Å². The minimum absolute atomic E-state index is 0.0573. The Morgan fingerprint density at radius 3 is 2.70 bits per heavy atom. The van der Waals surface area contributed by atoms with Gasteiger partial charge in [0.15, 0.2) is 0 Å². The van der Waals surface area contributed by atoms with Crippen LogP contribution < -0.4 is 10.1 Å². The smallest absolute Gasteiger partial charge is 0.303 e. The lowest BCUT2D eigenvalue weighted by molar-refractivity contribution is -0.137. The van der Waals surface area contributed by atoms with Gasteiger partial charge in [-0.15, -0.1) is 0 Å². The molecule has 9 heteroatoms. The molecule has 0 saturated carbocycles. The Kier molecular flexibility index (Phi) is 6.94. The van der Waals surface area contributed by atoms with E-state index in [9.17, 15) is 14.7 Å². The summed E-state index contributed by atoms with van der Waals surface area (Å²) < 4.78 is 5.64. The number of carboxylic acid groups (broad SMARTS) is 1. The van der Waals surface area contributed by atoms with Crippen molar-refractivity contribution in [1.29, 1.82) is 0 Å². The van der Waals surface area contributed by atoms with Crippen LogP contribution in [0, 0.1) is 0 Å². The monoisotopic (exact) mass is 432 g/mol. The zero-order valence-corrected chi connectivity index (χ0v) is 16.6. The first kappa shape index (κ1) is 21.6. The second kappa shape index (κ2) is 9.62. The number of nitrogens with one attached hydrogen (secondary N) is 2. The van der Waals surface area contributed by atoms with Crippen LogP contribution in [0.15, 0.2) is 42.5 Å². The van der Waals surface area contributed by atoms with E-state index >= 15 is 0 Å². The van der Waals surface area contributed by atoms with Gasteiger partial charge in [0.25, 0.3) is 5.91 Å². The highest BCUT2D eigenvalue weighted by Crippen LogP contribution is 2.30. The van der Waals surface area contributed by atoms with Crippen molar-refractivity contribution in [3.8, 4) is 5.75 Å². The molecule has 3 rings (SSSR count). The number of carbonyl (C=O) groups excluding carboxylic acids is 1. The molecule has 1 amide bonds. The number of amides is 1. The third-order valence-corrected chi connectivity index (χ3v) is 4.67. The third kappa shape index (κ3) is 5.29. The maximum Gasteiger partial charge on any atom is 0.303 e. The topological polar surface area (TPSA) is 132 Å². The fourth-order valence-electron chi connectivity index (χ4n) is 2.90. The number of H-pyrrole nitrogens is 1. The molecular weight excluding hydrogens is 412 g/mol. The number of fused-ring (bicyclic) bond motifs is 1. The quantitative estimate of drug-likeness (QED) is 0.329. The van der Waals surface area contributed by atoms with Crippen molar-refractivity contribution < 1.29 is 29.6 Å². The Labute approximate surface area is 177 Å². The number of hydrogen-bond acceptors (Lipinski definition) is 5. The van der Waals surface area contributed by atoms with Crippen LogP contribution in [0.25, 0.3) is 10.9 Å². The molecule has 0 aliphatic rings. The van der Waals surface area contributed by atoms with Crippen molar-refractivity contribution in [2.24, 2.45) is 0 Å². The molecule has 5 N–H and O–H groups in total. The predicted octanol–water partition coefficient (Wildman–Crippen LogP) is 3.34. The van der Waals surface area contributed by atoms with Gasteiger partial charge in [0.2, 0.25) is 0 Å². The molecule has 1 unspecified atom stereocenters. The molecule has 0 aliphatic heterocycles. The molecule has 0 aliphatic carbocycles. The summed E-state index contributed by atoms with van der Waals surface area (Å²) in [6.07, 6.45) is -0.883. The van der Waals surface area contributed by atoms with Gasteiger partial charge in [0.1, 0.15) is 17.5 Å². The van der Waals surface area contributed by atoms with Crippen molar-refractivity contribution in [3.63, 3.8) is 0 Å². The number of aromatic amines is 1. The van der Waals surface area contributed by atoms with Crippen LogP contribution in [0.4, 0.5) is 5.69 Å². The van der Waals surface area contributed by atoms with E-state index in [2.05, 4.69) is 10.3 Å². The van der Waals surface area contributed by atoms with Crippen molar-refractivity contribution in [1.82, 2.24) is 4.98 Å². The molecule has 30 heavy (non-hydrogen) atoms. The van der Waals surface area contributed by atoms with Crippen LogP contribution in [-0.4, -0.2) is 45.4 Å². The lowest BCUT2D eigenvalue weighted by Gasteiger charge is -2.15. The molecule has 0 fully saturated rings. The predicted molar refractivity (Wildman–Crippen MR) is 112 cm³/mol. The zero-order chi connectivity index (χ0) is 21.7. The van der Waals surface area contributed by atoms with Crippen LogP contribution in [0.1, 0.15) is 35.0 Å². The first-order valence-electron chi connectivity index (χ1n) is 9.24. The van der Waals surface area contributed by atoms with E-state index in [1.165, 1.54) is 6.07 Å². The number of ether oxygens (including phenoxy) is 1. The highest BCUT2D eigenvalue weighted by Gasteiger charge is 2.16. The number of benzene rings is 2. The number of halogens is 1. The van der Waals surface area contributed by atoms with Crippen molar-refractivity contribution >= 4 is 40.1 Å². The van der Waals surface area contributed by atoms with Gasteiger partial charge in [-0.25, -0.2) is 0 Å². The zero-order valence-electron chi connectivity index (χ0n) is 15.9. The van der Waals surface area contributed by atoms with Gasteiger partial charge >= 0.3 is 5.97 Å². The van der Waals surface area contributed by atoms with E-state index in [4.69, 9.17) is 26.6 Å². The fraction of sp³-hybridized carbons (Fsp3) is 0.238.